The van der Waals surface area contributed by atoms with Crippen LogP contribution in [0, 0.1) is 0 Å². The molecule has 1 aromatic rings. The van der Waals surface area contributed by atoms with Crippen LogP contribution in [0.3, 0.4) is 0 Å². The Balaban J connectivity index is 2.53. The molecule has 2 atom stereocenters. The van der Waals surface area contributed by atoms with E-state index >= 15 is 0 Å². The van der Waals surface area contributed by atoms with Gasteiger partial charge in [0, 0.05) is 5.69 Å². The van der Waals surface area contributed by atoms with Gasteiger partial charge in [-0.2, -0.15) is 0 Å². The fraction of sp³-hybridized carbons (Fsp3) is 0.538. The molecule has 0 aliphatic carbocycles. The molecular weight excluding hydrogens is 186 g/mol. The van der Waals surface area contributed by atoms with Crippen LogP contribution in [-0.4, -0.2) is 6.10 Å². The topological polar surface area (TPSA) is 35.2 Å². The molecule has 0 spiro atoms. The third kappa shape index (κ3) is 3.92. The highest BCUT2D eigenvalue weighted by Gasteiger charge is 2.09. The molecule has 2 unspecified atom stereocenters. The Bertz CT molecular complexity index is 281. The molecule has 0 radical (unpaired) electrons. The third-order valence-corrected chi connectivity index (χ3v) is 2.54. The number of hydrogen-bond donors (Lipinski definition) is 1. The van der Waals surface area contributed by atoms with Crippen LogP contribution < -0.4 is 5.73 Å². The predicted molar refractivity (Wildman–Crippen MR) is 64.7 cm³/mol. The van der Waals surface area contributed by atoms with E-state index in [9.17, 15) is 0 Å². The summed E-state index contributed by atoms with van der Waals surface area (Å²) >= 11 is 0. The molecule has 2 heteroatoms. The standard InChI is InChI=1S/C13H21NO/c1-4-5-10(2)15-11(3)12-6-8-13(14)9-7-12/h6-11H,4-5,14H2,1-3H3. The molecule has 0 saturated heterocycles. The number of nitrogens with two attached hydrogens (primary N) is 1. The fourth-order valence-electron chi connectivity index (χ4n) is 1.67. The largest absolute Gasteiger partial charge is 0.399 e. The molecule has 0 aromatic heterocycles. The zero-order valence-electron chi connectivity index (χ0n) is 9.86. The van der Waals surface area contributed by atoms with Crippen molar-refractivity contribution in [1.82, 2.24) is 0 Å². The molecule has 1 aromatic carbocycles. The smallest absolute Gasteiger partial charge is 0.0800 e. The molecule has 0 amide bonds. The lowest BCUT2D eigenvalue weighted by molar-refractivity contribution is 0.00258. The summed E-state index contributed by atoms with van der Waals surface area (Å²) in [6.45, 7) is 6.38. The zero-order chi connectivity index (χ0) is 11.3. The van der Waals surface area contributed by atoms with Crippen molar-refractivity contribution in [2.24, 2.45) is 0 Å². The highest BCUT2D eigenvalue weighted by atomic mass is 16.5. The number of nitrogen functional groups attached to an aromatic ring is 1. The summed E-state index contributed by atoms with van der Waals surface area (Å²) in [6.07, 6.45) is 2.74. The first-order chi connectivity index (χ1) is 7.13. The van der Waals surface area contributed by atoms with Crippen LogP contribution >= 0.6 is 0 Å². The Kier molecular flexibility index (Phi) is 4.63. The van der Waals surface area contributed by atoms with Gasteiger partial charge in [0.2, 0.25) is 0 Å². The molecule has 0 fully saturated rings. The minimum absolute atomic E-state index is 0.146. The summed E-state index contributed by atoms with van der Waals surface area (Å²) in [5.74, 6) is 0. The second-order valence-electron chi connectivity index (χ2n) is 4.04. The molecule has 0 saturated carbocycles. The Morgan fingerprint density at radius 2 is 1.80 bits per heavy atom. The normalized spacial score (nSPS) is 14.9. The number of benzene rings is 1. The summed E-state index contributed by atoms with van der Waals surface area (Å²) in [5.41, 5.74) is 7.62. The molecule has 0 bridgehead atoms. The molecule has 0 heterocycles. The molecular formula is C13H21NO. The number of hydrogen-bond acceptors (Lipinski definition) is 2. The van der Waals surface area contributed by atoms with Crippen LogP contribution in [0.15, 0.2) is 24.3 Å². The lowest BCUT2D eigenvalue weighted by Gasteiger charge is -2.19. The van der Waals surface area contributed by atoms with Crippen molar-refractivity contribution in [1.29, 1.82) is 0 Å². The second kappa shape index (κ2) is 5.76. The fourth-order valence-corrected chi connectivity index (χ4v) is 1.67. The number of anilines is 1. The van der Waals surface area contributed by atoms with Gasteiger partial charge in [-0.3, -0.25) is 0 Å². The van der Waals surface area contributed by atoms with Crippen LogP contribution in [0.5, 0.6) is 0 Å². The van der Waals surface area contributed by atoms with Gasteiger partial charge in [0.25, 0.3) is 0 Å². The van der Waals surface area contributed by atoms with Gasteiger partial charge in [0.05, 0.1) is 12.2 Å². The van der Waals surface area contributed by atoms with E-state index in [2.05, 4.69) is 20.8 Å². The van der Waals surface area contributed by atoms with E-state index in [0.29, 0.717) is 6.10 Å². The van der Waals surface area contributed by atoms with E-state index in [-0.39, 0.29) is 6.10 Å². The maximum Gasteiger partial charge on any atom is 0.0800 e. The molecule has 2 nitrogen and oxygen atoms in total. The van der Waals surface area contributed by atoms with E-state index in [1.807, 2.05) is 24.3 Å². The predicted octanol–water partition coefficient (Wildman–Crippen LogP) is 3.54. The highest BCUT2D eigenvalue weighted by molar-refractivity contribution is 5.39. The van der Waals surface area contributed by atoms with Gasteiger partial charge in [-0.15, -0.1) is 0 Å². The summed E-state index contributed by atoms with van der Waals surface area (Å²) in [7, 11) is 0. The van der Waals surface area contributed by atoms with Crippen molar-refractivity contribution in [3.8, 4) is 0 Å². The Morgan fingerprint density at radius 3 is 2.33 bits per heavy atom. The van der Waals surface area contributed by atoms with Gasteiger partial charge in [0.15, 0.2) is 0 Å². The van der Waals surface area contributed by atoms with E-state index in [1.54, 1.807) is 0 Å². The van der Waals surface area contributed by atoms with E-state index in [4.69, 9.17) is 10.5 Å². The van der Waals surface area contributed by atoms with Crippen LogP contribution in [-0.2, 0) is 4.74 Å². The summed E-state index contributed by atoms with van der Waals surface area (Å²) in [6, 6.07) is 7.89. The summed E-state index contributed by atoms with van der Waals surface area (Å²) in [5, 5.41) is 0. The summed E-state index contributed by atoms with van der Waals surface area (Å²) < 4.78 is 5.88. The van der Waals surface area contributed by atoms with Crippen LogP contribution in [0.25, 0.3) is 0 Å². The lowest BCUT2D eigenvalue weighted by Crippen LogP contribution is -2.11. The number of rotatable bonds is 5. The lowest BCUT2D eigenvalue weighted by atomic mass is 10.1. The Labute approximate surface area is 92.4 Å². The van der Waals surface area contributed by atoms with Crippen molar-refractivity contribution in [3.63, 3.8) is 0 Å². The summed E-state index contributed by atoms with van der Waals surface area (Å²) in [4.78, 5) is 0. The van der Waals surface area contributed by atoms with Gasteiger partial charge >= 0.3 is 0 Å². The molecule has 0 aliphatic heterocycles. The maximum atomic E-state index is 5.88. The molecule has 1 rings (SSSR count). The molecule has 2 N–H and O–H groups in total. The van der Waals surface area contributed by atoms with Gasteiger partial charge in [-0.1, -0.05) is 25.5 Å². The molecule has 0 aliphatic rings. The van der Waals surface area contributed by atoms with Gasteiger partial charge in [-0.25, -0.2) is 0 Å². The average Bonchev–Trinajstić information content (AvgIpc) is 2.18. The van der Waals surface area contributed by atoms with Crippen molar-refractivity contribution < 1.29 is 4.74 Å². The van der Waals surface area contributed by atoms with Gasteiger partial charge < -0.3 is 10.5 Å². The molecule has 84 valence electrons. The van der Waals surface area contributed by atoms with Crippen LogP contribution in [0.1, 0.15) is 45.3 Å². The maximum absolute atomic E-state index is 5.88. The Morgan fingerprint density at radius 1 is 1.20 bits per heavy atom. The first kappa shape index (κ1) is 12.1. The third-order valence-electron chi connectivity index (χ3n) is 2.54. The van der Waals surface area contributed by atoms with Gasteiger partial charge in [0.1, 0.15) is 0 Å². The highest BCUT2D eigenvalue weighted by Crippen LogP contribution is 2.20. The first-order valence-corrected chi connectivity index (χ1v) is 5.64. The zero-order valence-corrected chi connectivity index (χ0v) is 9.86. The minimum atomic E-state index is 0.146. The van der Waals surface area contributed by atoms with Crippen molar-refractivity contribution in [2.45, 2.75) is 45.8 Å². The minimum Gasteiger partial charge on any atom is -0.399 e. The number of ether oxygens (including phenoxy) is 1. The molecule has 15 heavy (non-hydrogen) atoms. The second-order valence-corrected chi connectivity index (χ2v) is 4.04. The monoisotopic (exact) mass is 207 g/mol. The van der Waals surface area contributed by atoms with Crippen molar-refractivity contribution in [2.75, 3.05) is 5.73 Å². The van der Waals surface area contributed by atoms with Crippen molar-refractivity contribution in [3.05, 3.63) is 29.8 Å². The van der Waals surface area contributed by atoms with Crippen molar-refractivity contribution >= 4 is 5.69 Å². The quantitative estimate of drug-likeness (QED) is 0.749. The van der Waals surface area contributed by atoms with E-state index in [0.717, 1.165) is 18.5 Å². The first-order valence-electron chi connectivity index (χ1n) is 5.64. The van der Waals surface area contributed by atoms with E-state index < -0.39 is 0 Å². The van der Waals surface area contributed by atoms with Crippen LogP contribution in [0.4, 0.5) is 5.69 Å². The van der Waals surface area contributed by atoms with Gasteiger partial charge in [-0.05, 0) is 38.0 Å². The SMILES string of the molecule is CCCC(C)OC(C)c1ccc(N)cc1. The Hall–Kier alpha value is -1.02. The average molecular weight is 207 g/mol. The van der Waals surface area contributed by atoms with E-state index in [1.165, 1.54) is 5.56 Å². The van der Waals surface area contributed by atoms with Crippen LogP contribution in [0.2, 0.25) is 0 Å².